The smallest absolute Gasteiger partial charge is 0.0426 e. The Morgan fingerprint density at radius 3 is 2.56 bits per heavy atom. The van der Waals surface area contributed by atoms with Gasteiger partial charge in [-0.2, -0.15) is 0 Å². The summed E-state index contributed by atoms with van der Waals surface area (Å²) in [6, 6.07) is 6.16. The van der Waals surface area contributed by atoms with Gasteiger partial charge < -0.3 is 10.2 Å². The van der Waals surface area contributed by atoms with E-state index >= 15 is 0 Å². The SMILES string of the molecule is Cc1ccc(Cl)cc1N1CCCNCCC1. The van der Waals surface area contributed by atoms with Crippen LogP contribution in [0.25, 0.3) is 0 Å². The van der Waals surface area contributed by atoms with Gasteiger partial charge in [0, 0.05) is 23.8 Å². The molecule has 0 radical (unpaired) electrons. The molecule has 1 aromatic rings. The Labute approximate surface area is 103 Å². The van der Waals surface area contributed by atoms with E-state index in [-0.39, 0.29) is 0 Å². The summed E-state index contributed by atoms with van der Waals surface area (Å²) in [6.07, 6.45) is 2.40. The number of benzene rings is 1. The lowest BCUT2D eigenvalue weighted by molar-refractivity contribution is 0.567. The minimum absolute atomic E-state index is 0.834. The molecule has 1 aliphatic heterocycles. The first-order chi connectivity index (χ1) is 7.77. The fourth-order valence-electron chi connectivity index (χ4n) is 2.19. The molecule has 0 spiro atoms. The summed E-state index contributed by atoms with van der Waals surface area (Å²) in [4.78, 5) is 2.46. The molecular weight excluding hydrogens is 220 g/mol. The number of nitrogens with zero attached hydrogens (tertiary/aromatic N) is 1. The second-order valence-electron chi connectivity index (χ2n) is 4.37. The van der Waals surface area contributed by atoms with Gasteiger partial charge in [-0.3, -0.25) is 0 Å². The van der Waals surface area contributed by atoms with Gasteiger partial charge in [0.25, 0.3) is 0 Å². The Morgan fingerprint density at radius 1 is 1.19 bits per heavy atom. The van der Waals surface area contributed by atoms with E-state index in [0.29, 0.717) is 0 Å². The van der Waals surface area contributed by atoms with Crippen LogP contribution in [-0.2, 0) is 0 Å². The van der Waals surface area contributed by atoms with Crippen LogP contribution in [0.5, 0.6) is 0 Å². The van der Waals surface area contributed by atoms with Gasteiger partial charge in [-0.05, 0) is 50.6 Å². The first-order valence-corrected chi connectivity index (χ1v) is 6.37. The summed E-state index contributed by atoms with van der Waals surface area (Å²) in [5.41, 5.74) is 2.62. The van der Waals surface area contributed by atoms with E-state index in [1.54, 1.807) is 0 Å². The monoisotopic (exact) mass is 238 g/mol. The lowest BCUT2D eigenvalue weighted by Gasteiger charge is -2.28. The largest absolute Gasteiger partial charge is 0.371 e. The maximum absolute atomic E-state index is 6.07. The van der Waals surface area contributed by atoms with E-state index in [1.807, 2.05) is 6.07 Å². The van der Waals surface area contributed by atoms with Crippen molar-refractivity contribution in [2.24, 2.45) is 0 Å². The summed E-state index contributed by atoms with van der Waals surface area (Å²) in [5.74, 6) is 0. The first-order valence-electron chi connectivity index (χ1n) is 5.99. The van der Waals surface area contributed by atoms with Crippen molar-refractivity contribution in [3.63, 3.8) is 0 Å². The maximum Gasteiger partial charge on any atom is 0.0426 e. The van der Waals surface area contributed by atoms with E-state index < -0.39 is 0 Å². The van der Waals surface area contributed by atoms with E-state index in [0.717, 1.165) is 31.2 Å². The number of hydrogen-bond acceptors (Lipinski definition) is 2. The van der Waals surface area contributed by atoms with Crippen LogP contribution < -0.4 is 10.2 Å². The molecule has 2 rings (SSSR count). The number of halogens is 1. The lowest BCUT2D eigenvalue weighted by Crippen LogP contribution is -2.34. The first kappa shape index (κ1) is 11.7. The second-order valence-corrected chi connectivity index (χ2v) is 4.81. The zero-order valence-electron chi connectivity index (χ0n) is 9.80. The highest BCUT2D eigenvalue weighted by molar-refractivity contribution is 6.30. The fourth-order valence-corrected chi connectivity index (χ4v) is 2.36. The third-order valence-corrected chi connectivity index (χ3v) is 3.31. The quantitative estimate of drug-likeness (QED) is 0.810. The highest BCUT2D eigenvalue weighted by atomic mass is 35.5. The molecule has 1 saturated heterocycles. The Morgan fingerprint density at radius 2 is 1.88 bits per heavy atom. The summed E-state index contributed by atoms with van der Waals surface area (Å²) in [6.45, 7) is 6.64. The van der Waals surface area contributed by atoms with E-state index in [1.165, 1.54) is 24.1 Å². The van der Waals surface area contributed by atoms with Crippen molar-refractivity contribution in [3.05, 3.63) is 28.8 Å². The zero-order chi connectivity index (χ0) is 11.4. The molecule has 0 aromatic heterocycles. The number of aryl methyl sites for hydroxylation is 1. The van der Waals surface area contributed by atoms with E-state index in [9.17, 15) is 0 Å². The molecule has 0 unspecified atom stereocenters. The molecular formula is C13H19ClN2. The number of rotatable bonds is 1. The molecule has 0 atom stereocenters. The molecule has 1 heterocycles. The highest BCUT2D eigenvalue weighted by Crippen LogP contribution is 2.24. The van der Waals surface area contributed by atoms with Gasteiger partial charge in [0.2, 0.25) is 0 Å². The average molecular weight is 239 g/mol. The third kappa shape index (κ3) is 2.89. The topological polar surface area (TPSA) is 15.3 Å². The van der Waals surface area contributed by atoms with Crippen molar-refractivity contribution < 1.29 is 0 Å². The van der Waals surface area contributed by atoms with Crippen molar-refractivity contribution in [2.75, 3.05) is 31.1 Å². The van der Waals surface area contributed by atoms with Gasteiger partial charge in [-0.1, -0.05) is 17.7 Å². The molecule has 1 fully saturated rings. The Bertz CT molecular complexity index is 344. The Balaban J connectivity index is 2.16. The average Bonchev–Trinajstić information content (AvgIpc) is 2.22. The summed E-state index contributed by atoms with van der Waals surface area (Å²) in [7, 11) is 0. The molecule has 0 amide bonds. The minimum atomic E-state index is 0.834. The molecule has 3 heteroatoms. The van der Waals surface area contributed by atoms with Gasteiger partial charge in [0.15, 0.2) is 0 Å². The van der Waals surface area contributed by atoms with Crippen LogP contribution in [0.3, 0.4) is 0 Å². The molecule has 2 nitrogen and oxygen atoms in total. The predicted octanol–water partition coefficient (Wildman–Crippen LogP) is 2.84. The van der Waals surface area contributed by atoms with Crippen molar-refractivity contribution in [1.29, 1.82) is 0 Å². The van der Waals surface area contributed by atoms with Crippen LogP contribution in [0, 0.1) is 6.92 Å². The molecule has 1 aromatic carbocycles. The minimum Gasteiger partial charge on any atom is -0.371 e. The molecule has 1 N–H and O–H groups in total. The number of hydrogen-bond donors (Lipinski definition) is 1. The molecule has 0 saturated carbocycles. The maximum atomic E-state index is 6.07. The van der Waals surface area contributed by atoms with Crippen molar-refractivity contribution >= 4 is 17.3 Å². The van der Waals surface area contributed by atoms with E-state index in [2.05, 4.69) is 29.3 Å². The second kappa shape index (κ2) is 5.55. The lowest BCUT2D eigenvalue weighted by atomic mass is 10.1. The number of nitrogens with one attached hydrogen (secondary N) is 1. The summed E-state index contributed by atoms with van der Waals surface area (Å²) < 4.78 is 0. The van der Waals surface area contributed by atoms with Gasteiger partial charge in [0.1, 0.15) is 0 Å². The third-order valence-electron chi connectivity index (χ3n) is 3.08. The standard InChI is InChI=1S/C13H19ClN2/c1-11-4-5-12(14)10-13(11)16-8-2-6-15-7-3-9-16/h4-5,10,15H,2-3,6-9H2,1H3. The fraction of sp³-hybridized carbons (Fsp3) is 0.538. The normalized spacial score (nSPS) is 18.0. The Kier molecular flexibility index (Phi) is 4.08. The predicted molar refractivity (Wildman–Crippen MR) is 70.5 cm³/mol. The zero-order valence-corrected chi connectivity index (χ0v) is 10.6. The molecule has 1 aliphatic rings. The van der Waals surface area contributed by atoms with Crippen molar-refractivity contribution in [3.8, 4) is 0 Å². The summed E-state index contributed by atoms with van der Waals surface area (Å²) >= 11 is 6.07. The van der Waals surface area contributed by atoms with Gasteiger partial charge >= 0.3 is 0 Å². The number of anilines is 1. The van der Waals surface area contributed by atoms with Crippen LogP contribution in [0.1, 0.15) is 18.4 Å². The van der Waals surface area contributed by atoms with Gasteiger partial charge in [-0.25, -0.2) is 0 Å². The highest BCUT2D eigenvalue weighted by Gasteiger charge is 2.11. The summed E-state index contributed by atoms with van der Waals surface area (Å²) in [5, 5.41) is 4.27. The van der Waals surface area contributed by atoms with E-state index in [4.69, 9.17) is 11.6 Å². The van der Waals surface area contributed by atoms with Crippen molar-refractivity contribution in [2.45, 2.75) is 19.8 Å². The van der Waals surface area contributed by atoms with Crippen LogP contribution in [0.4, 0.5) is 5.69 Å². The van der Waals surface area contributed by atoms with Gasteiger partial charge in [0.05, 0.1) is 0 Å². The van der Waals surface area contributed by atoms with Crippen LogP contribution >= 0.6 is 11.6 Å². The Hall–Kier alpha value is -0.730. The van der Waals surface area contributed by atoms with Crippen LogP contribution in [0.2, 0.25) is 5.02 Å². The molecule has 88 valence electrons. The molecule has 0 bridgehead atoms. The van der Waals surface area contributed by atoms with Gasteiger partial charge in [-0.15, -0.1) is 0 Å². The van der Waals surface area contributed by atoms with Crippen LogP contribution in [-0.4, -0.2) is 26.2 Å². The molecule has 0 aliphatic carbocycles. The van der Waals surface area contributed by atoms with Crippen molar-refractivity contribution in [1.82, 2.24) is 5.32 Å². The molecule has 16 heavy (non-hydrogen) atoms. The van der Waals surface area contributed by atoms with Crippen LogP contribution in [0.15, 0.2) is 18.2 Å².